The summed E-state index contributed by atoms with van der Waals surface area (Å²) in [6.45, 7) is 7.26. The van der Waals surface area contributed by atoms with Crippen LogP contribution in [0.4, 0.5) is 0 Å². The van der Waals surface area contributed by atoms with Gasteiger partial charge >= 0.3 is 0 Å². The van der Waals surface area contributed by atoms with Gasteiger partial charge in [0.1, 0.15) is 11.5 Å². The number of phenolic OH excluding ortho intramolecular Hbond substituents is 2. The third-order valence-electron chi connectivity index (χ3n) is 2.48. The number of aromatic hydroxyl groups is 2. The molecule has 0 aliphatic heterocycles. The lowest BCUT2D eigenvalue weighted by Gasteiger charge is -2.08. The van der Waals surface area contributed by atoms with Crippen molar-refractivity contribution in [2.45, 2.75) is 26.8 Å². The maximum atomic E-state index is 9.57. The number of hydrogen-bond donors (Lipinski definition) is 3. The molecular formula is C14H23NO3. The van der Waals surface area contributed by atoms with Crippen molar-refractivity contribution in [3.8, 4) is 11.5 Å². The van der Waals surface area contributed by atoms with Crippen LogP contribution in [0.2, 0.25) is 0 Å². The van der Waals surface area contributed by atoms with Gasteiger partial charge in [-0.1, -0.05) is 19.9 Å². The molecule has 102 valence electrons. The molecule has 0 aliphatic rings. The van der Waals surface area contributed by atoms with Crippen molar-refractivity contribution >= 4 is 0 Å². The van der Waals surface area contributed by atoms with E-state index < -0.39 is 0 Å². The summed E-state index contributed by atoms with van der Waals surface area (Å²) in [4.78, 5) is 0. The average molecular weight is 253 g/mol. The third-order valence-corrected chi connectivity index (χ3v) is 2.48. The molecule has 0 saturated heterocycles. The minimum Gasteiger partial charge on any atom is -0.508 e. The maximum Gasteiger partial charge on any atom is 0.123 e. The number of ether oxygens (including phenoxy) is 1. The Bertz CT molecular complexity index is 353. The lowest BCUT2D eigenvalue weighted by molar-refractivity contribution is 0.108. The molecule has 0 amide bonds. The first-order valence-electron chi connectivity index (χ1n) is 6.39. The van der Waals surface area contributed by atoms with Crippen molar-refractivity contribution in [2.75, 3.05) is 19.8 Å². The van der Waals surface area contributed by atoms with Crippen LogP contribution < -0.4 is 5.32 Å². The summed E-state index contributed by atoms with van der Waals surface area (Å²) in [5.74, 6) is 0.781. The Morgan fingerprint density at radius 2 is 2.06 bits per heavy atom. The van der Waals surface area contributed by atoms with Crippen molar-refractivity contribution in [1.82, 2.24) is 5.32 Å². The van der Waals surface area contributed by atoms with Crippen molar-refractivity contribution in [3.63, 3.8) is 0 Å². The highest BCUT2D eigenvalue weighted by atomic mass is 16.5. The van der Waals surface area contributed by atoms with Crippen molar-refractivity contribution in [3.05, 3.63) is 23.8 Å². The van der Waals surface area contributed by atoms with Gasteiger partial charge in [0.15, 0.2) is 0 Å². The normalized spacial score (nSPS) is 11.1. The Balaban J connectivity index is 2.11. The number of benzene rings is 1. The molecule has 0 spiro atoms. The van der Waals surface area contributed by atoms with Gasteiger partial charge < -0.3 is 20.3 Å². The minimum absolute atomic E-state index is 0.0818. The molecule has 0 bridgehead atoms. The molecule has 0 atom stereocenters. The molecule has 1 aromatic rings. The molecular weight excluding hydrogens is 230 g/mol. The van der Waals surface area contributed by atoms with E-state index in [0.717, 1.165) is 31.7 Å². The number of phenols is 2. The molecule has 0 radical (unpaired) electrons. The quantitative estimate of drug-likeness (QED) is 0.622. The topological polar surface area (TPSA) is 61.7 Å². The first kappa shape index (κ1) is 14.8. The first-order valence-corrected chi connectivity index (χ1v) is 6.39. The predicted molar refractivity (Wildman–Crippen MR) is 71.8 cm³/mol. The van der Waals surface area contributed by atoms with Crippen LogP contribution >= 0.6 is 0 Å². The molecule has 4 nitrogen and oxygen atoms in total. The average Bonchev–Trinajstić information content (AvgIpc) is 2.30. The zero-order chi connectivity index (χ0) is 13.4. The van der Waals surface area contributed by atoms with E-state index in [1.54, 1.807) is 12.1 Å². The van der Waals surface area contributed by atoms with E-state index in [1.165, 1.54) is 6.07 Å². The molecule has 0 aromatic heterocycles. The minimum atomic E-state index is 0.0818. The Kier molecular flexibility index (Phi) is 6.54. The molecule has 0 fully saturated rings. The zero-order valence-corrected chi connectivity index (χ0v) is 11.1. The zero-order valence-electron chi connectivity index (χ0n) is 11.1. The summed E-state index contributed by atoms with van der Waals surface area (Å²) in [5.41, 5.74) is 0.788. The second-order valence-electron chi connectivity index (χ2n) is 4.81. The smallest absolute Gasteiger partial charge is 0.123 e. The second kappa shape index (κ2) is 7.95. The van der Waals surface area contributed by atoms with Crippen molar-refractivity contribution < 1.29 is 14.9 Å². The molecule has 0 aliphatic carbocycles. The highest BCUT2D eigenvalue weighted by Gasteiger charge is 2.01. The van der Waals surface area contributed by atoms with Crippen LogP contribution in [-0.4, -0.2) is 30.0 Å². The fourth-order valence-corrected chi connectivity index (χ4v) is 1.54. The van der Waals surface area contributed by atoms with E-state index in [-0.39, 0.29) is 11.5 Å². The molecule has 0 heterocycles. The highest BCUT2D eigenvalue weighted by molar-refractivity contribution is 5.38. The largest absolute Gasteiger partial charge is 0.508 e. The van der Waals surface area contributed by atoms with Crippen LogP contribution in [0.5, 0.6) is 11.5 Å². The van der Waals surface area contributed by atoms with Gasteiger partial charge in [0.05, 0.1) is 0 Å². The van der Waals surface area contributed by atoms with Gasteiger partial charge in [0, 0.05) is 31.4 Å². The maximum absolute atomic E-state index is 9.57. The van der Waals surface area contributed by atoms with Crippen LogP contribution in [0.1, 0.15) is 25.8 Å². The highest BCUT2D eigenvalue weighted by Crippen LogP contribution is 2.22. The van der Waals surface area contributed by atoms with Gasteiger partial charge in [-0.05, 0) is 24.9 Å². The van der Waals surface area contributed by atoms with Crippen molar-refractivity contribution in [1.29, 1.82) is 0 Å². The Labute approximate surface area is 109 Å². The fraction of sp³-hybridized carbons (Fsp3) is 0.571. The monoisotopic (exact) mass is 253 g/mol. The van der Waals surface area contributed by atoms with E-state index in [4.69, 9.17) is 9.84 Å². The number of nitrogens with one attached hydrogen (secondary N) is 1. The standard InChI is InChI=1S/C14H23NO3/c1-11(2)10-18-7-3-6-15-9-12-4-5-13(16)8-14(12)17/h4-5,8,11,15-17H,3,6-7,9-10H2,1-2H3. The first-order chi connectivity index (χ1) is 8.59. The summed E-state index contributed by atoms with van der Waals surface area (Å²) in [6, 6.07) is 4.64. The van der Waals surface area contributed by atoms with E-state index in [2.05, 4.69) is 19.2 Å². The van der Waals surface area contributed by atoms with Crippen LogP contribution in [0.15, 0.2) is 18.2 Å². The molecule has 0 unspecified atom stereocenters. The molecule has 0 saturated carbocycles. The van der Waals surface area contributed by atoms with Crippen molar-refractivity contribution in [2.24, 2.45) is 5.92 Å². The van der Waals surface area contributed by atoms with Crippen LogP contribution in [0, 0.1) is 5.92 Å². The number of rotatable bonds is 8. The molecule has 18 heavy (non-hydrogen) atoms. The van der Waals surface area contributed by atoms with E-state index in [1.807, 2.05) is 0 Å². The van der Waals surface area contributed by atoms with E-state index in [9.17, 15) is 5.11 Å². The molecule has 3 N–H and O–H groups in total. The summed E-state index contributed by atoms with van der Waals surface area (Å²) in [6.07, 6.45) is 0.950. The van der Waals surface area contributed by atoms with Gasteiger partial charge in [0.25, 0.3) is 0 Å². The van der Waals surface area contributed by atoms with Gasteiger partial charge in [-0.3, -0.25) is 0 Å². The molecule has 1 rings (SSSR count). The number of hydrogen-bond acceptors (Lipinski definition) is 4. The Morgan fingerprint density at radius 1 is 1.28 bits per heavy atom. The SMILES string of the molecule is CC(C)COCCCNCc1ccc(O)cc1O. The lowest BCUT2D eigenvalue weighted by Crippen LogP contribution is -2.17. The predicted octanol–water partition coefficient (Wildman–Crippen LogP) is 2.25. The van der Waals surface area contributed by atoms with Gasteiger partial charge in [0.2, 0.25) is 0 Å². The van der Waals surface area contributed by atoms with Gasteiger partial charge in [-0.2, -0.15) is 0 Å². The van der Waals surface area contributed by atoms with E-state index in [0.29, 0.717) is 12.5 Å². The summed E-state index contributed by atoms with van der Waals surface area (Å²) in [5, 5.41) is 22.0. The Hall–Kier alpha value is -1.26. The van der Waals surface area contributed by atoms with E-state index >= 15 is 0 Å². The van der Waals surface area contributed by atoms with Crippen LogP contribution in [-0.2, 0) is 11.3 Å². The fourth-order valence-electron chi connectivity index (χ4n) is 1.54. The van der Waals surface area contributed by atoms with Gasteiger partial charge in [-0.25, -0.2) is 0 Å². The van der Waals surface area contributed by atoms with Crippen LogP contribution in [0.25, 0.3) is 0 Å². The lowest BCUT2D eigenvalue weighted by atomic mass is 10.2. The Morgan fingerprint density at radius 3 is 2.72 bits per heavy atom. The summed E-state index contributed by atoms with van der Waals surface area (Å²) in [7, 11) is 0. The second-order valence-corrected chi connectivity index (χ2v) is 4.81. The van der Waals surface area contributed by atoms with Gasteiger partial charge in [-0.15, -0.1) is 0 Å². The molecule has 4 heteroatoms. The third kappa shape index (κ3) is 5.89. The summed E-state index contributed by atoms with van der Waals surface area (Å²) >= 11 is 0. The van der Waals surface area contributed by atoms with Crippen LogP contribution in [0.3, 0.4) is 0 Å². The molecule has 1 aromatic carbocycles. The summed E-state index contributed by atoms with van der Waals surface area (Å²) < 4.78 is 5.46.